The van der Waals surface area contributed by atoms with Crippen molar-refractivity contribution in [2.24, 2.45) is 7.05 Å². The summed E-state index contributed by atoms with van der Waals surface area (Å²) in [7, 11) is 1.59. The van der Waals surface area contributed by atoms with Gasteiger partial charge in [0.2, 0.25) is 0 Å². The molecule has 0 atom stereocenters. The van der Waals surface area contributed by atoms with Gasteiger partial charge in [0.1, 0.15) is 16.3 Å². The van der Waals surface area contributed by atoms with Gasteiger partial charge in [-0.05, 0) is 22.8 Å². The Balaban J connectivity index is 1.65. The highest BCUT2D eigenvalue weighted by atomic mass is 32.1. The molecule has 4 aromatic rings. The number of carbonyl (C=O) groups excluding carboxylic acids is 1. The van der Waals surface area contributed by atoms with Crippen LogP contribution >= 0.6 is 11.3 Å². The molecule has 0 spiro atoms. The summed E-state index contributed by atoms with van der Waals surface area (Å²) in [5.74, 6) is -0.525. The summed E-state index contributed by atoms with van der Waals surface area (Å²) in [6.45, 7) is 4.00. The molecule has 2 aromatic heterocycles. The molecule has 2 heterocycles. The Morgan fingerprint density at radius 1 is 1.06 bits per heavy atom. The molecule has 0 N–H and O–H groups in total. The number of benzene rings is 2. The average Bonchev–Trinajstić information content (AvgIpc) is 3.26. The molecule has 31 heavy (non-hydrogen) atoms. The number of nitrogens with zero attached hydrogens (tertiary/aromatic N) is 2. The lowest BCUT2D eigenvalue weighted by Gasteiger charge is -2.08. The molecule has 0 bridgehead atoms. The molecular weight excluding hydrogens is 412 g/mol. The monoisotopic (exact) mass is 432 g/mol. The first kappa shape index (κ1) is 20.6. The highest BCUT2D eigenvalue weighted by Crippen LogP contribution is 2.23. The molecule has 4 rings (SSSR count). The van der Waals surface area contributed by atoms with Crippen LogP contribution in [0.5, 0.6) is 0 Å². The molecule has 7 heteroatoms. The van der Waals surface area contributed by atoms with E-state index in [1.54, 1.807) is 13.1 Å². The van der Waals surface area contributed by atoms with E-state index in [9.17, 15) is 14.4 Å². The Labute approximate surface area is 182 Å². The van der Waals surface area contributed by atoms with Crippen molar-refractivity contribution in [3.05, 3.63) is 110 Å². The van der Waals surface area contributed by atoms with E-state index in [4.69, 9.17) is 4.74 Å². The van der Waals surface area contributed by atoms with Gasteiger partial charge >= 0.3 is 11.7 Å². The van der Waals surface area contributed by atoms with E-state index in [0.717, 1.165) is 28.0 Å². The molecule has 6 nitrogen and oxygen atoms in total. The summed E-state index contributed by atoms with van der Waals surface area (Å²) < 4.78 is 7.94. The Kier molecular flexibility index (Phi) is 5.68. The third-order valence-electron chi connectivity index (χ3n) is 4.98. The number of fused-ring (bicyclic) bond motifs is 1. The molecule has 0 amide bonds. The highest BCUT2D eigenvalue weighted by Gasteiger charge is 2.19. The van der Waals surface area contributed by atoms with Crippen LogP contribution in [0.1, 0.15) is 26.4 Å². The zero-order chi connectivity index (χ0) is 22.0. The van der Waals surface area contributed by atoms with Crippen molar-refractivity contribution in [3.8, 4) is 0 Å². The fourth-order valence-corrected chi connectivity index (χ4v) is 4.26. The smallest absolute Gasteiger partial charge is 0.348 e. The number of hydrogen-bond donors (Lipinski definition) is 0. The van der Waals surface area contributed by atoms with E-state index in [1.807, 2.05) is 54.6 Å². The van der Waals surface area contributed by atoms with Gasteiger partial charge in [0.25, 0.3) is 5.56 Å². The molecule has 0 unspecified atom stereocenters. The number of hydrogen-bond acceptors (Lipinski definition) is 5. The predicted molar refractivity (Wildman–Crippen MR) is 123 cm³/mol. The van der Waals surface area contributed by atoms with Gasteiger partial charge in [0.05, 0.1) is 11.9 Å². The summed E-state index contributed by atoms with van der Waals surface area (Å²) in [5.41, 5.74) is 1.78. The van der Waals surface area contributed by atoms with Gasteiger partial charge in [-0.1, -0.05) is 67.3 Å². The third-order valence-corrected chi connectivity index (χ3v) is 6.17. The topological polar surface area (TPSA) is 70.3 Å². The van der Waals surface area contributed by atoms with Crippen LogP contribution in [0.25, 0.3) is 16.3 Å². The van der Waals surface area contributed by atoms with Crippen molar-refractivity contribution < 1.29 is 9.53 Å². The summed E-state index contributed by atoms with van der Waals surface area (Å²) in [4.78, 5) is 39.1. The van der Waals surface area contributed by atoms with Crippen LogP contribution in [0.3, 0.4) is 0 Å². The number of thiophene rings is 1. The largest absolute Gasteiger partial charge is 0.457 e. The van der Waals surface area contributed by atoms with Crippen molar-refractivity contribution in [2.45, 2.75) is 13.2 Å². The molecule has 0 fully saturated rings. The summed E-state index contributed by atoms with van der Waals surface area (Å²) in [6, 6.07) is 18.3. The van der Waals surface area contributed by atoms with E-state index < -0.39 is 17.2 Å². The Hall–Kier alpha value is -3.71. The quantitative estimate of drug-likeness (QED) is 0.435. The summed E-state index contributed by atoms with van der Waals surface area (Å²) >= 11 is 1.08. The van der Waals surface area contributed by atoms with Crippen molar-refractivity contribution in [1.82, 2.24) is 9.13 Å². The lowest BCUT2D eigenvalue weighted by atomic mass is 10.1. The van der Waals surface area contributed by atoms with Crippen LogP contribution in [-0.4, -0.2) is 15.1 Å². The first-order valence-electron chi connectivity index (χ1n) is 9.63. The van der Waals surface area contributed by atoms with E-state index in [2.05, 4.69) is 6.58 Å². The van der Waals surface area contributed by atoms with Crippen molar-refractivity contribution in [2.75, 3.05) is 0 Å². The van der Waals surface area contributed by atoms with Crippen LogP contribution in [0.15, 0.2) is 76.8 Å². The van der Waals surface area contributed by atoms with Crippen LogP contribution in [0.2, 0.25) is 0 Å². The average molecular weight is 433 g/mol. The van der Waals surface area contributed by atoms with E-state index in [0.29, 0.717) is 10.2 Å². The Morgan fingerprint density at radius 3 is 2.45 bits per heavy atom. The molecule has 0 aliphatic rings. The van der Waals surface area contributed by atoms with Gasteiger partial charge < -0.3 is 4.74 Å². The van der Waals surface area contributed by atoms with Gasteiger partial charge in [-0.15, -0.1) is 11.3 Å². The molecule has 0 radical (unpaired) electrons. The minimum atomic E-state index is -0.525. The Morgan fingerprint density at radius 2 is 1.77 bits per heavy atom. The number of aromatic nitrogens is 2. The second-order valence-electron chi connectivity index (χ2n) is 7.07. The Bertz CT molecular complexity index is 1380. The van der Waals surface area contributed by atoms with Crippen molar-refractivity contribution >= 4 is 33.6 Å². The second-order valence-corrected chi connectivity index (χ2v) is 8.10. The van der Waals surface area contributed by atoms with Gasteiger partial charge in [0, 0.05) is 7.05 Å². The molecule has 2 aromatic carbocycles. The summed E-state index contributed by atoms with van der Waals surface area (Å²) in [5, 5.41) is 0.321. The van der Waals surface area contributed by atoms with Crippen molar-refractivity contribution in [1.29, 1.82) is 0 Å². The lowest BCUT2D eigenvalue weighted by molar-refractivity contribution is 0.0478. The fourth-order valence-electron chi connectivity index (χ4n) is 3.26. The van der Waals surface area contributed by atoms with Gasteiger partial charge in [0.15, 0.2) is 0 Å². The number of ether oxygens (including phenoxy) is 1. The van der Waals surface area contributed by atoms with Crippen molar-refractivity contribution in [3.63, 3.8) is 0 Å². The maximum atomic E-state index is 13.0. The number of aryl methyl sites for hydroxylation is 1. The first-order chi connectivity index (χ1) is 15.0. The van der Waals surface area contributed by atoms with Crippen LogP contribution in [-0.2, 0) is 24.9 Å². The minimum Gasteiger partial charge on any atom is -0.457 e. The zero-order valence-electron chi connectivity index (χ0n) is 16.9. The van der Waals surface area contributed by atoms with Gasteiger partial charge in [-0.3, -0.25) is 13.9 Å². The molecule has 0 aliphatic heterocycles. The number of esters is 1. The van der Waals surface area contributed by atoms with Gasteiger partial charge in [-0.2, -0.15) is 0 Å². The SMILES string of the molecule is C=Cc1ccc(Cn2c(=O)c3cc(C(=O)OCc4ccccc4)sc3n(C)c2=O)cc1. The van der Waals surface area contributed by atoms with Gasteiger partial charge in [-0.25, -0.2) is 9.59 Å². The third kappa shape index (κ3) is 4.13. The molecule has 0 saturated carbocycles. The molecular formula is C24H20N2O4S. The minimum absolute atomic E-state index is 0.137. The normalized spacial score (nSPS) is 10.9. The maximum Gasteiger partial charge on any atom is 0.348 e. The lowest BCUT2D eigenvalue weighted by Crippen LogP contribution is -2.38. The fraction of sp³-hybridized carbons (Fsp3) is 0.125. The second kappa shape index (κ2) is 8.57. The summed E-state index contributed by atoms with van der Waals surface area (Å²) in [6.07, 6.45) is 1.73. The highest BCUT2D eigenvalue weighted by molar-refractivity contribution is 7.20. The van der Waals surface area contributed by atoms with E-state index in [-0.39, 0.29) is 18.0 Å². The number of carbonyl (C=O) groups is 1. The standard InChI is InChI=1S/C24H20N2O4S/c1-3-16-9-11-17(12-10-16)14-26-21(27)19-13-20(31-22(19)25(2)24(26)29)23(28)30-15-18-7-5-4-6-8-18/h3-13H,1,14-15H2,2H3. The van der Waals surface area contributed by atoms with E-state index >= 15 is 0 Å². The van der Waals surface area contributed by atoms with Crippen LogP contribution < -0.4 is 11.2 Å². The maximum absolute atomic E-state index is 13.0. The molecule has 156 valence electrons. The van der Waals surface area contributed by atoms with E-state index in [1.165, 1.54) is 15.2 Å². The van der Waals surface area contributed by atoms with Crippen LogP contribution in [0, 0.1) is 0 Å². The first-order valence-corrected chi connectivity index (χ1v) is 10.5. The molecule has 0 saturated heterocycles. The predicted octanol–water partition coefficient (Wildman–Crippen LogP) is 3.81. The molecule has 0 aliphatic carbocycles. The van der Waals surface area contributed by atoms with Crippen LogP contribution in [0.4, 0.5) is 0 Å². The zero-order valence-corrected chi connectivity index (χ0v) is 17.7. The number of rotatable bonds is 6.